The number of sulfonamides is 1. The van der Waals surface area contributed by atoms with Crippen LogP contribution in [0, 0.1) is 0 Å². The van der Waals surface area contributed by atoms with Crippen molar-refractivity contribution in [2.75, 3.05) is 39.4 Å². The monoisotopic (exact) mass is 397 g/mol. The van der Waals surface area contributed by atoms with Crippen molar-refractivity contribution < 1.29 is 17.6 Å². The SMILES string of the molecule is C=C(C)c1nc2ccc(Cl)c(S(=O)(=O)N3CCN4CCOC[C@@H]4C3)c2o1. The number of hydrogen-bond donors (Lipinski definition) is 0. The Morgan fingerprint density at radius 2 is 2.15 bits per heavy atom. The fourth-order valence-corrected chi connectivity index (χ4v) is 5.52. The van der Waals surface area contributed by atoms with Crippen molar-refractivity contribution in [2.45, 2.75) is 17.9 Å². The van der Waals surface area contributed by atoms with Gasteiger partial charge in [0.1, 0.15) is 10.4 Å². The van der Waals surface area contributed by atoms with E-state index in [4.69, 9.17) is 20.8 Å². The van der Waals surface area contributed by atoms with Crippen LogP contribution in [-0.4, -0.2) is 68.0 Å². The number of fused-ring (bicyclic) bond motifs is 2. The number of benzene rings is 1. The zero-order valence-electron chi connectivity index (χ0n) is 14.4. The van der Waals surface area contributed by atoms with E-state index in [1.807, 2.05) is 0 Å². The second-order valence-electron chi connectivity index (χ2n) is 6.65. The van der Waals surface area contributed by atoms with Crippen LogP contribution < -0.4 is 0 Å². The Morgan fingerprint density at radius 3 is 2.92 bits per heavy atom. The van der Waals surface area contributed by atoms with Gasteiger partial charge in [-0.2, -0.15) is 4.31 Å². The first kappa shape index (κ1) is 17.9. The summed E-state index contributed by atoms with van der Waals surface area (Å²) >= 11 is 6.28. The molecule has 9 heteroatoms. The summed E-state index contributed by atoms with van der Waals surface area (Å²) in [5, 5.41) is 0.129. The smallest absolute Gasteiger partial charge is 0.248 e. The van der Waals surface area contributed by atoms with Crippen molar-refractivity contribution in [2.24, 2.45) is 0 Å². The van der Waals surface area contributed by atoms with Crippen molar-refractivity contribution >= 4 is 38.3 Å². The third kappa shape index (κ3) is 2.95. The molecule has 140 valence electrons. The normalized spacial score (nSPS) is 22.5. The van der Waals surface area contributed by atoms with Crippen molar-refractivity contribution in [3.05, 3.63) is 29.6 Å². The van der Waals surface area contributed by atoms with Gasteiger partial charge in [0, 0.05) is 37.8 Å². The van der Waals surface area contributed by atoms with E-state index in [0.717, 1.165) is 6.54 Å². The lowest BCUT2D eigenvalue weighted by molar-refractivity contribution is -0.0304. The van der Waals surface area contributed by atoms with E-state index in [1.54, 1.807) is 19.1 Å². The highest BCUT2D eigenvalue weighted by molar-refractivity contribution is 7.89. The summed E-state index contributed by atoms with van der Waals surface area (Å²) in [6.07, 6.45) is 0. The lowest BCUT2D eigenvalue weighted by atomic mass is 10.2. The molecule has 1 aromatic carbocycles. The number of aromatic nitrogens is 1. The highest BCUT2D eigenvalue weighted by Gasteiger charge is 2.38. The van der Waals surface area contributed by atoms with Gasteiger partial charge >= 0.3 is 0 Å². The van der Waals surface area contributed by atoms with Gasteiger partial charge in [0.25, 0.3) is 0 Å². The van der Waals surface area contributed by atoms with Gasteiger partial charge in [0.2, 0.25) is 15.9 Å². The molecule has 0 spiro atoms. The number of nitrogens with zero attached hydrogens (tertiary/aromatic N) is 3. The van der Waals surface area contributed by atoms with Crippen LogP contribution in [0.2, 0.25) is 5.02 Å². The topological polar surface area (TPSA) is 75.9 Å². The molecule has 26 heavy (non-hydrogen) atoms. The molecule has 0 aliphatic carbocycles. The van der Waals surface area contributed by atoms with Crippen LogP contribution in [0.3, 0.4) is 0 Å². The number of hydrogen-bond acceptors (Lipinski definition) is 6. The Morgan fingerprint density at radius 1 is 1.35 bits per heavy atom. The molecule has 0 saturated carbocycles. The molecule has 0 N–H and O–H groups in total. The molecule has 2 aliphatic rings. The van der Waals surface area contributed by atoms with Gasteiger partial charge < -0.3 is 9.15 Å². The predicted octanol–water partition coefficient (Wildman–Crippen LogP) is 2.22. The van der Waals surface area contributed by atoms with Crippen molar-refractivity contribution in [3.8, 4) is 0 Å². The second-order valence-corrected chi connectivity index (χ2v) is 8.93. The van der Waals surface area contributed by atoms with E-state index in [-0.39, 0.29) is 21.5 Å². The van der Waals surface area contributed by atoms with Crippen LogP contribution in [0.15, 0.2) is 28.0 Å². The van der Waals surface area contributed by atoms with E-state index in [0.29, 0.717) is 49.8 Å². The zero-order valence-corrected chi connectivity index (χ0v) is 16.0. The number of rotatable bonds is 3. The van der Waals surface area contributed by atoms with E-state index >= 15 is 0 Å². The van der Waals surface area contributed by atoms with Gasteiger partial charge in [0.15, 0.2) is 5.58 Å². The quantitative estimate of drug-likeness (QED) is 0.790. The second kappa shape index (κ2) is 6.61. The van der Waals surface area contributed by atoms with E-state index in [9.17, 15) is 8.42 Å². The summed E-state index contributed by atoms with van der Waals surface area (Å²) in [5.74, 6) is 0.309. The van der Waals surface area contributed by atoms with E-state index in [2.05, 4.69) is 16.5 Å². The summed E-state index contributed by atoms with van der Waals surface area (Å²) in [7, 11) is -3.83. The molecular weight excluding hydrogens is 378 g/mol. The summed E-state index contributed by atoms with van der Waals surface area (Å²) in [5.41, 5.74) is 1.25. The minimum Gasteiger partial charge on any atom is -0.435 e. The van der Waals surface area contributed by atoms with Gasteiger partial charge in [-0.05, 0) is 19.1 Å². The third-order valence-corrected chi connectivity index (χ3v) is 7.19. The fourth-order valence-electron chi connectivity index (χ4n) is 3.43. The highest BCUT2D eigenvalue weighted by Crippen LogP contribution is 2.35. The van der Waals surface area contributed by atoms with Crippen LogP contribution in [0.25, 0.3) is 16.7 Å². The molecular formula is C17H20ClN3O4S. The molecule has 7 nitrogen and oxygen atoms in total. The van der Waals surface area contributed by atoms with E-state index in [1.165, 1.54) is 4.31 Å². The molecule has 2 aromatic rings. The number of piperazine rings is 1. The molecule has 3 heterocycles. The van der Waals surface area contributed by atoms with Crippen LogP contribution in [0.5, 0.6) is 0 Å². The van der Waals surface area contributed by atoms with Crippen LogP contribution in [0.1, 0.15) is 12.8 Å². The lowest BCUT2D eigenvalue weighted by Gasteiger charge is -2.43. The lowest BCUT2D eigenvalue weighted by Crippen LogP contribution is -2.59. The first-order chi connectivity index (χ1) is 12.4. The first-order valence-electron chi connectivity index (χ1n) is 8.45. The first-order valence-corrected chi connectivity index (χ1v) is 10.3. The third-order valence-electron chi connectivity index (χ3n) is 4.83. The van der Waals surface area contributed by atoms with Crippen molar-refractivity contribution in [3.63, 3.8) is 0 Å². The molecule has 0 unspecified atom stereocenters. The van der Waals surface area contributed by atoms with Gasteiger partial charge in [-0.3, -0.25) is 4.90 Å². The molecule has 2 saturated heterocycles. The number of halogens is 1. The number of allylic oxidation sites excluding steroid dienone is 1. The van der Waals surface area contributed by atoms with Crippen molar-refractivity contribution in [1.29, 1.82) is 0 Å². The van der Waals surface area contributed by atoms with E-state index < -0.39 is 10.0 Å². The summed E-state index contributed by atoms with van der Waals surface area (Å²) in [4.78, 5) is 6.55. The fraction of sp³-hybridized carbons (Fsp3) is 0.471. The van der Waals surface area contributed by atoms with Crippen LogP contribution in [-0.2, 0) is 14.8 Å². The number of ether oxygens (including phenoxy) is 1. The molecule has 2 aliphatic heterocycles. The van der Waals surface area contributed by atoms with Crippen molar-refractivity contribution in [1.82, 2.24) is 14.2 Å². The summed E-state index contributed by atoms with van der Waals surface area (Å²) < 4.78 is 39.4. The van der Waals surface area contributed by atoms with Gasteiger partial charge in [-0.25, -0.2) is 13.4 Å². The Kier molecular flexibility index (Phi) is 4.56. The molecule has 0 radical (unpaired) electrons. The Labute approximate surface area is 157 Å². The Bertz CT molecular complexity index is 972. The maximum atomic E-state index is 13.3. The van der Waals surface area contributed by atoms with Gasteiger partial charge in [-0.1, -0.05) is 18.2 Å². The molecule has 1 aromatic heterocycles. The van der Waals surface area contributed by atoms with Crippen LogP contribution >= 0.6 is 11.6 Å². The summed E-state index contributed by atoms with van der Waals surface area (Å²) in [6, 6.07) is 3.26. The molecule has 0 bridgehead atoms. The Balaban J connectivity index is 1.76. The standard InChI is InChI=1S/C17H20ClN3O4S/c1-11(2)17-19-14-4-3-13(18)16(15(14)25-17)26(22,23)21-6-5-20-7-8-24-10-12(20)9-21/h3-4,12H,1,5-10H2,2H3/t12-/m0/s1. The molecule has 0 amide bonds. The van der Waals surface area contributed by atoms with Gasteiger partial charge in [0.05, 0.1) is 18.2 Å². The minimum absolute atomic E-state index is 0.0261. The molecule has 4 rings (SSSR count). The Hall–Kier alpha value is -1.45. The highest BCUT2D eigenvalue weighted by atomic mass is 35.5. The van der Waals surface area contributed by atoms with Crippen LogP contribution in [0.4, 0.5) is 0 Å². The predicted molar refractivity (Wildman–Crippen MR) is 98.7 cm³/mol. The molecule has 2 fully saturated rings. The maximum absolute atomic E-state index is 13.3. The number of morpholine rings is 1. The van der Waals surface area contributed by atoms with Gasteiger partial charge in [-0.15, -0.1) is 0 Å². The zero-order chi connectivity index (χ0) is 18.5. The number of oxazole rings is 1. The maximum Gasteiger partial charge on any atom is 0.248 e. The largest absolute Gasteiger partial charge is 0.435 e. The summed E-state index contributed by atoms with van der Waals surface area (Å²) in [6.45, 7) is 9.07. The average Bonchev–Trinajstić information content (AvgIpc) is 3.05. The minimum atomic E-state index is -3.83. The molecule has 1 atom stereocenters. The average molecular weight is 398 g/mol.